The van der Waals surface area contributed by atoms with Crippen molar-refractivity contribution in [3.63, 3.8) is 0 Å². The fourth-order valence-electron chi connectivity index (χ4n) is 4.57. The Hall–Kier alpha value is -3.26. The normalized spacial score (nSPS) is 18.6. The van der Waals surface area contributed by atoms with Gasteiger partial charge in [-0.3, -0.25) is 4.79 Å². The summed E-state index contributed by atoms with van der Waals surface area (Å²) in [5.74, 6) is -1.50. The van der Waals surface area contributed by atoms with Gasteiger partial charge in [0.25, 0.3) is 0 Å². The Kier molecular flexibility index (Phi) is 4.74. The summed E-state index contributed by atoms with van der Waals surface area (Å²) in [4.78, 5) is 30.6. The van der Waals surface area contributed by atoms with E-state index in [4.69, 9.17) is 5.73 Å². The first-order chi connectivity index (χ1) is 15.0. The van der Waals surface area contributed by atoms with Crippen molar-refractivity contribution in [1.29, 1.82) is 0 Å². The van der Waals surface area contributed by atoms with Gasteiger partial charge in [0.15, 0.2) is 11.6 Å². The Labute approximate surface area is 177 Å². The molecule has 7 nitrogen and oxygen atoms in total. The van der Waals surface area contributed by atoms with Crippen LogP contribution in [0.15, 0.2) is 41.3 Å². The molecule has 160 valence electrons. The summed E-state index contributed by atoms with van der Waals surface area (Å²) in [6, 6.07) is 9.27. The molecule has 31 heavy (non-hydrogen) atoms. The molecule has 0 spiro atoms. The third kappa shape index (κ3) is 3.37. The molecule has 3 N–H and O–H groups in total. The fourth-order valence-corrected chi connectivity index (χ4v) is 4.57. The number of carboxylic acids is 1. The van der Waals surface area contributed by atoms with Gasteiger partial charge in [0.05, 0.1) is 5.39 Å². The molecule has 5 rings (SSSR count). The maximum atomic E-state index is 15.1. The van der Waals surface area contributed by atoms with Gasteiger partial charge in [-0.25, -0.2) is 14.2 Å². The molecule has 2 aliphatic rings. The molecule has 1 saturated carbocycles. The molecule has 1 aliphatic carbocycles. The first-order valence-corrected chi connectivity index (χ1v) is 10.5. The molecule has 3 aromatic rings. The Morgan fingerprint density at radius 3 is 2.74 bits per heavy atom. The second kappa shape index (κ2) is 7.46. The minimum Gasteiger partial charge on any atom is -0.477 e. The van der Waals surface area contributed by atoms with E-state index in [1.807, 2.05) is 23.1 Å². The number of carbonyl (C=O) groups is 1. The number of carboxylic acid groups (broad SMARTS) is 1. The van der Waals surface area contributed by atoms with Crippen LogP contribution in [0.25, 0.3) is 11.0 Å². The number of anilines is 1. The summed E-state index contributed by atoms with van der Waals surface area (Å²) >= 11 is 0. The third-order valence-electron chi connectivity index (χ3n) is 6.31. The molecule has 1 aliphatic heterocycles. The summed E-state index contributed by atoms with van der Waals surface area (Å²) in [6.45, 7) is 1.70. The predicted octanol–water partition coefficient (Wildman–Crippen LogP) is 3.02. The number of fused-ring (bicyclic) bond motifs is 1. The molecule has 2 fully saturated rings. The molecule has 1 unspecified atom stereocenters. The lowest BCUT2D eigenvalue weighted by atomic mass is 9.93. The lowest BCUT2D eigenvalue weighted by Crippen LogP contribution is -2.24. The molecule has 2 aromatic heterocycles. The van der Waals surface area contributed by atoms with Crippen LogP contribution in [0.2, 0.25) is 0 Å². The van der Waals surface area contributed by atoms with Crippen molar-refractivity contribution in [3.8, 4) is 0 Å². The van der Waals surface area contributed by atoms with Crippen LogP contribution in [0.1, 0.15) is 52.7 Å². The standard InChI is InChI=1S/C23H23FN4O3/c24-19-9-17-20(29)18(23(30)31)12-28(15-5-6-15)21(17)26-22(19)27-8-7-14(11-27)16-4-2-1-3-13(16)10-25/h1-4,9,12,14-15H,5-8,10-11,25H2,(H,30,31). The number of hydrogen-bond donors (Lipinski definition) is 2. The fraction of sp³-hybridized carbons (Fsp3) is 0.348. The van der Waals surface area contributed by atoms with Crippen LogP contribution in [0.5, 0.6) is 0 Å². The molecule has 0 amide bonds. The largest absolute Gasteiger partial charge is 0.477 e. The highest BCUT2D eigenvalue weighted by molar-refractivity contribution is 5.92. The van der Waals surface area contributed by atoms with E-state index in [-0.39, 0.29) is 28.7 Å². The number of hydrogen-bond acceptors (Lipinski definition) is 5. The van der Waals surface area contributed by atoms with Crippen molar-refractivity contribution < 1.29 is 14.3 Å². The Morgan fingerprint density at radius 2 is 2.03 bits per heavy atom. The van der Waals surface area contributed by atoms with E-state index in [9.17, 15) is 14.7 Å². The zero-order chi connectivity index (χ0) is 21.7. The Bertz CT molecular complexity index is 1250. The lowest BCUT2D eigenvalue weighted by Gasteiger charge is -2.21. The van der Waals surface area contributed by atoms with Crippen molar-refractivity contribution in [2.24, 2.45) is 5.73 Å². The molecule has 1 saturated heterocycles. The smallest absolute Gasteiger partial charge is 0.341 e. The van der Waals surface area contributed by atoms with Crippen molar-refractivity contribution in [2.45, 2.75) is 37.8 Å². The second-order valence-electron chi connectivity index (χ2n) is 8.32. The zero-order valence-corrected chi connectivity index (χ0v) is 16.9. The highest BCUT2D eigenvalue weighted by Crippen LogP contribution is 2.38. The number of nitrogens with zero attached hydrogens (tertiary/aromatic N) is 3. The second-order valence-corrected chi connectivity index (χ2v) is 8.32. The average Bonchev–Trinajstić information content (AvgIpc) is 3.50. The molecular formula is C23H23FN4O3. The van der Waals surface area contributed by atoms with Gasteiger partial charge in [-0.1, -0.05) is 24.3 Å². The number of halogens is 1. The van der Waals surface area contributed by atoms with Crippen LogP contribution in [0, 0.1) is 5.82 Å². The highest BCUT2D eigenvalue weighted by atomic mass is 19.1. The van der Waals surface area contributed by atoms with Crippen LogP contribution in [0.4, 0.5) is 10.2 Å². The monoisotopic (exact) mass is 422 g/mol. The summed E-state index contributed by atoms with van der Waals surface area (Å²) in [5.41, 5.74) is 7.45. The zero-order valence-electron chi connectivity index (χ0n) is 16.9. The number of rotatable bonds is 5. The predicted molar refractivity (Wildman–Crippen MR) is 115 cm³/mol. The summed E-state index contributed by atoms with van der Waals surface area (Å²) < 4.78 is 16.8. The van der Waals surface area contributed by atoms with Crippen LogP contribution < -0.4 is 16.1 Å². The SMILES string of the molecule is NCc1ccccc1C1CCN(c2nc3c(cc2F)c(=O)c(C(=O)O)cn3C2CC2)C1. The van der Waals surface area contributed by atoms with Gasteiger partial charge in [0.1, 0.15) is 11.2 Å². The lowest BCUT2D eigenvalue weighted by molar-refractivity contribution is 0.0695. The topological polar surface area (TPSA) is 101 Å². The van der Waals surface area contributed by atoms with Crippen molar-refractivity contribution in [2.75, 3.05) is 18.0 Å². The quantitative estimate of drug-likeness (QED) is 0.655. The van der Waals surface area contributed by atoms with Gasteiger partial charge in [-0.05, 0) is 36.5 Å². The van der Waals surface area contributed by atoms with Gasteiger partial charge in [-0.2, -0.15) is 0 Å². The molecule has 1 aromatic carbocycles. The number of benzene rings is 1. The van der Waals surface area contributed by atoms with Gasteiger partial charge in [-0.15, -0.1) is 0 Å². The van der Waals surface area contributed by atoms with Gasteiger partial charge < -0.3 is 20.3 Å². The van der Waals surface area contributed by atoms with E-state index in [0.717, 1.165) is 30.9 Å². The van der Waals surface area contributed by atoms with Crippen LogP contribution >= 0.6 is 0 Å². The van der Waals surface area contributed by atoms with Crippen molar-refractivity contribution in [1.82, 2.24) is 9.55 Å². The van der Waals surface area contributed by atoms with Crippen molar-refractivity contribution >= 4 is 22.8 Å². The van der Waals surface area contributed by atoms with E-state index in [1.165, 1.54) is 11.8 Å². The van der Waals surface area contributed by atoms with Crippen LogP contribution in [-0.4, -0.2) is 33.7 Å². The van der Waals surface area contributed by atoms with Crippen LogP contribution in [0.3, 0.4) is 0 Å². The van der Waals surface area contributed by atoms with Crippen LogP contribution in [-0.2, 0) is 6.54 Å². The van der Waals surface area contributed by atoms with E-state index >= 15 is 4.39 Å². The highest BCUT2D eigenvalue weighted by Gasteiger charge is 2.31. The van der Waals surface area contributed by atoms with Crippen molar-refractivity contribution in [3.05, 3.63) is 69.3 Å². The summed E-state index contributed by atoms with van der Waals surface area (Å²) in [7, 11) is 0. The first kappa shape index (κ1) is 19.7. The Morgan fingerprint density at radius 1 is 1.26 bits per heavy atom. The summed E-state index contributed by atoms with van der Waals surface area (Å²) in [5, 5.41) is 9.40. The van der Waals surface area contributed by atoms with E-state index < -0.39 is 17.2 Å². The third-order valence-corrected chi connectivity index (χ3v) is 6.31. The number of pyridine rings is 2. The number of aromatic nitrogens is 2. The summed E-state index contributed by atoms with van der Waals surface area (Å²) in [6.07, 6.45) is 3.97. The molecule has 0 bridgehead atoms. The Balaban J connectivity index is 1.56. The maximum Gasteiger partial charge on any atom is 0.341 e. The average molecular weight is 422 g/mol. The number of nitrogens with two attached hydrogens (primary N) is 1. The molecule has 1 atom stereocenters. The minimum atomic E-state index is -1.31. The minimum absolute atomic E-state index is 0.0114. The first-order valence-electron chi connectivity index (χ1n) is 10.5. The van der Waals surface area contributed by atoms with E-state index in [0.29, 0.717) is 25.3 Å². The maximum absolute atomic E-state index is 15.1. The van der Waals surface area contributed by atoms with Gasteiger partial charge in [0.2, 0.25) is 5.43 Å². The molecular weight excluding hydrogens is 399 g/mol. The number of aromatic carboxylic acids is 1. The van der Waals surface area contributed by atoms with E-state index in [1.54, 1.807) is 4.57 Å². The molecule has 8 heteroatoms. The van der Waals surface area contributed by atoms with Gasteiger partial charge in [0, 0.05) is 37.8 Å². The van der Waals surface area contributed by atoms with Gasteiger partial charge >= 0.3 is 5.97 Å². The molecule has 3 heterocycles. The van der Waals surface area contributed by atoms with E-state index in [2.05, 4.69) is 11.1 Å². The molecule has 0 radical (unpaired) electrons.